The van der Waals surface area contributed by atoms with Gasteiger partial charge in [0.1, 0.15) is 23.5 Å². The zero-order chi connectivity index (χ0) is 36.8. The maximum atomic E-state index is 13.9. The second-order valence-electron chi connectivity index (χ2n) is 13.3. The van der Waals surface area contributed by atoms with E-state index in [4.69, 9.17) is 13.9 Å². The van der Waals surface area contributed by atoms with Gasteiger partial charge in [0, 0.05) is 56.6 Å². The summed E-state index contributed by atoms with van der Waals surface area (Å²) >= 11 is 0. The fraction of sp³-hybridized carbons (Fsp3) is 0.543. The molecule has 6 rings (SSSR count). The highest BCUT2D eigenvalue weighted by Gasteiger charge is 2.36. The van der Waals surface area contributed by atoms with Crippen molar-refractivity contribution >= 4 is 40.6 Å². The SMILES string of the molecule is CCOC(=O)N1CCN(C(=O)C(CCc2n[nH]c(=O)o2)NC(=O)c2cc(OCC(=O)N3CCCC3C(=O)NC3CCC3)c3ccc(C)cc3n2)CC1. The van der Waals surface area contributed by atoms with E-state index in [9.17, 15) is 28.8 Å². The molecule has 1 aliphatic carbocycles. The number of rotatable bonds is 12. The molecular weight excluding hydrogens is 676 g/mol. The molecule has 2 aromatic heterocycles. The quantitative estimate of drug-likeness (QED) is 0.243. The number of ether oxygens (including phenoxy) is 2. The summed E-state index contributed by atoms with van der Waals surface area (Å²) in [4.78, 5) is 86.9. The Morgan fingerprint density at radius 1 is 1.02 bits per heavy atom. The van der Waals surface area contributed by atoms with Crippen LogP contribution in [0.4, 0.5) is 4.79 Å². The van der Waals surface area contributed by atoms with Gasteiger partial charge in [-0.25, -0.2) is 19.7 Å². The number of aromatic amines is 1. The summed E-state index contributed by atoms with van der Waals surface area (Å²) in [5, 5.41) is 12.4. The smallest absolute Gasteiger partial charge is 0.434 e. The highest BCUT2D eigenvalue weighted by atomic mass is 16.6. The van der Waals surface area contributed by atoms with Gasteiger partial charge in [-0.15, -0.1) is 5.10 Å². The molecule has 0 bridgehead atoms. The molecule has 3 N–H and O–H groups in total. The van der Waals surface area contributed by atoms with Gasteiger partial charge in [0.05, 0.1) is 12.1 Å². The summed E-state index contributed by atoms with van der Waals surface area (Å²) < 4.78 is 16.1. The third kappa shape index (κ3) is 8.51. The van der Waals surface area contributed by atoms with Crippen molar-refractivity contribution in [2.75, 3.05) is 45.9 Å². The van der Waals surface area contributed by atoms with Crippen LogP contribution in [0.25, 0.3) is 10.9 Å². The number of piperazine rings is 1. The molecule has 1 aromatic carbocycles. The number of pyridine rings is 1. The number of aromatic nitrogens is 3. The average molecular weight is 721 g/mol. The summed E-state index contributed by atoms with van der Waals surface area (Å²) in [6.45, 7) is 4.89. The van der Waals surface area contributed by atoms with Gasteiger partial charge in [0.2, 0.25) is 17.7 Å². The van der Waals surface area contributed by atoms with E-state index in [2.05, 4.69) is 25.8 Å². The Morgan fingerprint density at radius 3 is 2.48 bits per heavy atom. The molecule has 0 radical (unpaired) electrons. The number of carbonyl (C=O) groups excluding carboxylic acids is 5. The highest BCUT2D eigenvalue weighted by Crippen LogP contribution is 2.28. The van der Waals surface area contributed by atoms with Gasteiger partial charge in [-0.05, 0) is 70.1 Å². The number of carbonyl (C=O) groups is 5. The lowest BCUT2D eigenvalue weighted by molar-refractivity contribution is -0.140. The minimum atomic E-state index is -1.07. The van der Waals surface area contributed by atoms with Gasteiger partial charge < -0.3 is 39.2 Å². The lowest BCUT2D eigenvalue weighted by atomic mass is 9.93. The Morgan fingerprint density at radius 2 is 1.79 bits per heavy atom. The van der Waals surface area contributed by atoms with Crippen molar-refractivity contribution in [3.05, 3.63) is 52.0 Å². The number of hydrogen-bond acceptors (Lipinski definition) is 11. The van der Waals surface area contributed by atoms with E-state index in [1.54, 1.807) is 28.9 Å². The lowest BCUT2D eigenvalue weighted by Crippen LogP contribution is -2.56. The normalized spacial score (nSPS) is 18.1. The molecule has 1 saturated carbocycles. The summed E-state index contributed by atoms with van der Waals surface area (Å²) in [6, 6.07) is 5.42. The van der Waals surface area contributed by atoms with Crippen LogP contribution in [0.2, 0.25) is 0 Å². The van der Waals surface area contributed by atoms with Gasteiger partial charge >= 0.3 is 11.8 Å². The summed E-state index contributed by atoms with van der Waals surface area (Å²) in [5.41, 5.74) is 1.29. The number of H-pyrrole nitrogens is 1. The standard InChI is InChI=1S/C35H44N8O9/c1-3-50-35(49)42-16-14-41(15-17-42)33(47)24(11-12-29-39-40-34(48)52-29)38-31(45)26-19-28(23-10-9-21(2)18-25(23)37-26)51-20-30(44)43-13-5-8-27(43)32(46)36-22-6-4-7-22/h9-10,18-19,22,24,27H,3-8,11-17,20H2,1-2H3,(H,36,46)(H,38,45)(H,40,48). The molecule has 52 heavy (non-hydrogen) atoms. The maximum absolute atomic E-state index is 13.9. The molecule has 3 aromatic rings. The topological polar surface area (TPSA) is 209 Å². The molecule has 3 fully saturated rings. The van der Waals surface area contributed by atoms with Gasteiger partial charge in [0.15, 0.2) is 6.61 Å². The van der Waals surface area contributed by atoms with Crippen LogP contribution in [-0.4, -0.2) is 124 Å². The zero-order valence-electron chi connectivity index (χ0n) is 29.4. The molecule has 278 valence electrons. The van der Waals surface area contributed by atoms with E-state index in [0.29, 0.717) is 30.3 Å². The number of nitrogens with one attached hydrogen (secondary N) is 3. The molecule has 2 aliphatic heterocycles. The summed E-state index contributed by atoms with van der Waals surface area (Å²) in [6.07, 6.45) is 3.93. The van der Waals surface area contributed by atoms with Crippen molar-refractivity contribution in [3.8, 4) is 5.75 Å². The van der Waals surface area contributed by atoms with Crippen molar-refractivity contribution in [1.29, 1.82) is 0 Å². The van der Waals surface area contributed by atoms with Gasteiger partial charge in [0.25, 0.3) is 11.8 Å². The third-order valence-electron chi connectivity index (χ3n) is 9.69. The van der Waals surface area contributed by atoms with Gasteiger partial charge in [-0.1, -0.05) is 6.07 Å². The van der Waals surface area contributed by atoms with Crippen molar-refractivity contribution in [2.45, 2.75) is 76.9 Å². The zero-order valence-corrected chi connectivity index (χ0v) is 29.4. The highest BCUT2D eigenvalue weighted by molar-refractivity contribution is 5.99. The first-order valence-corrected chi connectivity index (χ1v) is 17.8. The van der Waals surface area contributed by atoms with Crippen molar-refractivity contribution in [2.24, 2.45) is 0 Å². The van der Waals surface area contributed by atoms with Crippen molar-refractivity contribution < 1.29 is 37.9 Å². The number of amides is 5. The lowest BCUT2D eigenvalue weighted by Gasteiger charge is -2.36. The van der Waals surface area contributed by atoms with Gasteiger partial charge in [-0.3, -0.25) is 19.2 Å². The maximum Gasteiger partial charge on any atom is 0.434 e. The van der Waals surface area contributed by atoms with E-state index in [1.807, 2.05) is 13.0 Å². The van der Waals surface area contributed by atoms with Crippen LogP contribution in [0.1, 0.15) is 67.4 Å². The van der Waals surface area contributed by atoms with Crippen LogP contribution in [-0.2, 0) is 25.5 Å². The fourth-order valence-corrected chi connectivity index (χ4v) is 6.62. The predicted molar refractivity (Wildman–Crippen MR) is 184 cm³/mol. The van der Waals surface area contributed by atoms with E-state index in [0.717, 1.165) is 24.8 Å². The first kappa shape index (κ1) is 36.3. The minimum absolute atomic E-state index is 0.0456. The third-order valence-corrected chi connectivity index (χ3v) is 9.69. The minimum Gasteiger partial charge on any atom is -0.483 e. The molecule has 17 heteroatoms. The number of benzene rings is 1. The summed E-state index contributed by atoms with van der Waals surface area (Å²) in [7, 11) is 0. The second kappa shape index (κ2) is 16.2. The molecule has 5 amide bonds. The molecule has 17 nitrogen and oxygen atoms in total. The van der Waals surface area contributed by atoms with Crippen LogP contribution in [0, 0.1) is 6.92 Å². The Kier molecular flexibility index (Phi) is 11.3. The molecule has 2 unspecified atom stereocenters. The van der Waals surface area contributed by atoms with Crippen LogP contribution in [0.3, 0.4) is 0 Å². The Balaban J connectivity index is 1.18. The van der Waals surface area contributed by atoms with Crippen molar-refractivity contribution in [3.63, 3.8) is 0 Å². The van der Waals surface area contributed by atoms with E-state index in [1.165, 1.54) is 11.0 Å². The molecule has 4 heterocycles. The van der Waals surface area contributed by atoms with E-state index in [-0.39, 0.29) is 87.4 Å². The Labute approximate surface area is 299 Å². The molecule has 2 atom stereocenters. The van der Waals surface area contributed by atoms with Crippen LogP contribution >= 0.6 is 0 Å². The van der Waals surface area contributed by atoms with E-state index >= 15 is 0 Å². The number of aryl methyl sites for hydroxylation is 2. The van der Waals surface area contributed by atoms with Crippen LogP contribution in [0.15, 0.2) is 33.5 Å². The monoisotopic (exact) mass is 720 g/mol. The van der Waals surface area contributed by atoms with Crippen LogP contribution in [0.5, 0.6) is 5.75 Å². The second-order valence-corrected chi connectivity index (χ2v) is 13.3. The molecule has 3 aliphatic rings. The number of fused-ring (bicyclic) bond motifs is 1. The number of hydrogen-bond donors (Lipinski definition) is 3. The fourth-order valence-electron chi connectivity index (χ4n) is 6.62. The molecular formula is C35H44N8O9. The van der Waals surface area contributed by atoms with Gasteiger partial charge in [-0.2, -0.15) is 0 Å². The predicted octanol–water partition coefficient (Wildman–Crippen LogP) is 1.29. The Bertz CT molecular complexity index is 1860. The summed E-state index contributed by atoms with van der Waals surface area (Å²) in [5.74, 6) is -1.96. The van der Waals surface area contributed by atoms with E-state index < -0.39 is 35.7 Å². The van der Waals surface area contributed by atoms with Crippen LogP contribution < -0.4 is 21.1 Å². The largest absolute Gasteiger partial charge is 0.483 e. The molecule has 0 spiro atoms. The Hall–Kier alpha value is -5.48. The average Bonchev–Trinajstić information content (AvgIpc) is 3.79. The first-order chi connectivity index (χ1) is 25.1. The number of nitrogens with zero attached hydrogens (tertiary/aromatic N) is 5. The number of likely N-dealkylation sites (tertiary alicyclic amines) is 1. The van der Waals surface area contributed by atoms with Crippen molar-refractivity contribution in [1.82, 2.24) is 40.5 Å². The molecule has 2 saturated heterocycles. The first-order valence-electron chi connectivity index (χ1n) is 17.8.